The lowest BCUT2D eigenvalue weighted by atomic mass is 9.87. The maximum Gasteiger partial charge on any atom is 0.416 e. The van der Waals surface area contributed by atoms with Crippen molar-refractivity contribution in [3.05, 3.63) is 59.7 Å². The highest BCUT2D eigenvalue weighted by atomic mass is 19.4. The van der Waals surface area contributed by atoms with E-state index in [1.165, 1.54) is 19.5 Å². The summed E-state index contributed by atoms with van der Waals surface area (Å²) in [5.74, 6) is -0.478. The topological polar surface area (TPSA) is 103 Å². The lowest BCUT2D eigenvalue weighted by Gasteiger charge is -2.31. The standard InChI is InChI=1S/C32H36F6N6O4/c1-4-25-12-26(18-44(25)30(46)48-27-7-5-20(6-8-27)28(45)47-3)43(29-39-13-21(14-40-29)22-15-41-42(2)17-22)16-19-9-23(31(33,34)35)11-24(10-19)32(36,37)38/h9-11,13-15,17,20,25-27H,4-8,12,16,18H2,1-3H3. The van der Waals surface area contributed by atoms with E-state index in [0.717, 1.165) is 0 Å². The second kappa shape index (κ2) is 14.0. The summed E-state index contributed by atoms with van der Waals surface area (Å²) in [4.78, 5) is 37.3. The molecule has 1 aliphatic heterocycles. The SMILES string of the molecule is CCC1CC(N(Cc2cc(C(F)(F)F)cc(C(F)(F)F)c2)c2ncc(-c3cnn(C)c3)cn2)CN1C(=O)OC1CCC(C(=O)OC)CC1. The summed E-state index contributed by atoms with van der Waals surface area (Å²) in [5.41, 5.74) is -1.77. The van der Waals surface area contributed by atoms with Gasteiger partial charge in [-0.15, -0.1) is 0 Å². The summed E-state index contributed by atoms with van der Waals surface area (Å²) in [6.45, 7) is 1.56. The first-order valence-electron chi connectivity index (χ1n) is 15.6. The van der Waals surface area contributed by atoms with E-state index in [4.69, 9.17) is 9.47 Å². The molecule has 2 aliphatic rings. The van der Waals surface area contributed by atoms with Gasteiger partial charge >= 0.3 is 24.4 Å². The number of rotatable bonds is 8. The number of ether oxygens (including phenoxy) is 2. The molecule has 2 unspecified atom stereocenters. The molecule has 1 saturated heterocycles. The van der Waals surface area contributed by atoms with E-state index in [-0.39, 0.29) is 48.6 Å². The molecule has 2 fully saturated rings. The summed E-state index contributed by atoms with van der Waals surface area (Å²) in [6, 6.07) is 0.584. The van der Waals surface area contributed by atoms with Crippen LogP contribution in [0.5, 0.6) is 0 Å². The van der Waals surface area contributed by atoms with Gasteiger partial charge in [-0.1, -0.05) is 6.92 Å². The van der Waals surface area contributed by atoms with Crippen molar-refractivity contribution in [3.8, 4) is 11.1 Å². The number of methoxy groups -OCH3 is 1. The molecule has 2 aromatic heterocycles. The molecule has 48 heavy (non-hydrogen) atoms. The minimum Gasteiger partial charge on any atom is -0.469 e. The van der Waals surface area contributed by atoms with E-state index < -0.39 is 41.7 Å². The van der Waals surface area contributed by atoms with Gasteiger partial charge in [0.2, 0.25) is 5.95 Å². The van der Waals surface area contributed by atoms with Crippen LogP contribution in [-0.2, 0) is 40.2 Å². The molecule has 10 nitrogen and oxygen atoms in total. The number of benzene rings is 1. The normalized spacial score (nSPS) is 21.6. The van der Waals surface area contributed by atoms with Gasteiger partial charge in [0.25, 0.3) is 0 Å². The first-order valence-corrected chi connectivity index (χ1v) is 15.6. The number of hydrogen-bond donors (Lipinski definition) is 0. The van der Waals surface area contributed by atoms with Gasteiger partial charge in [-0.2, -0.15) is 31.4 Å². The molecule has 1 aromatic carbocycles. The third-order valence-corrected chi connectivity index (χ3v) is 8.95. The molecule has 0 N–H and O–H groups in total. The molecule has 16 heteroatoms. The minimum absolute atomic E-state index is 0.0739. The van der Waals surface area contributed by atoms with Gasteiger partial charge in [-0.3, -0.25) is 9.48 Å². The van der Waals surface area contributed by atoms with Crippen molar-refractivity contribution in [3.63, 3.8) is 0 Å². The van der Waals surface area contributed by atoms with Crippen LogP contribution in [0, 0.1) is 5.92 Å². The molecule has 5 rings (SSSR count). The number of aryl methyl sites for hydroxylation is 1. The van der Waals surface area contributed by atoms with Crippen LogP contribution in [0.15, 0.2) is 43.0 Å². The number of esters is 1. The highest BCUT2D eigenvalue weighted by Crippen LogP contribution is 2.38. The minimum atomic E-state index is -5.01. The molecular formula is C32H36F6N6O4. The van der Waals surface area contributed by atoms with Crippen LogP contribution < -0.4 is 4.90 Å². The molecule has 260 valence electrons. The zero-order chi connectivity index (χ0) is 34.8. The van der Waals surface area contributed by atoms with Crippen LogP contribution in [0.25, 0.3) is 11.1 Å². The number of likely N-dealkylation sites (tertiary alicyclic amines) is 1. The fourth-order valence-electron chi connectivity index (χ4n) is 6.38. The van der Waals surface area contributed by atoms with Gasteiger partial charge in [0.1, 0.15) is 6.10 Å². The number of amides is 1. The Morgan fingerprint density at radius 3 is 2.08 bits per heavy atom. The summed E-state index contributed by atoms with van der Waals surface area (Å²) in [6.07, 6.45) is -1.78. The number of alkyl halides is 6. The average molecular weight is 683 g/mol. The Morgan fingerprint density at radius 2 is 1.56 bits per heavy atom. The smallest absolute Gasteiger partial charge is 0.416 e. The predicted molar refractivity (Wildman–Crippen MR) is 160 cm³/mol. The van der Waals surface area contributed by atoms with E-state index in [2.05, 4.69) is 15.1 Å². The Balaban J connectivity index is 1.42. The number of aromatic nitrogens is 4. The largest absolute Gasteiger partial charge is 0.469 e. The Labute approximate surface area is 273 Å². The fraction of sp³-hybridized carbons (Fsp3) is 0.531. The van der Waals surface area contributed by atoms with Crippen molar-refractivity contribution in [2.24, 2.45) is 13.0 Å². The lowest BCUT2D eigenvalue weighted by Crippen LogP contribution is -2.42. The van der Waals surface area contributed by atoms with Crippen molar-refractivity contribution in [1.29, 1.82) is 0 Å². The Kier molecular flexibility index (Phi) is 10.2. The zero-order valence-corrected chi connectivity index (χ0v) is 26.6. The third-order valence-electron chi connectivity index (χ3n) is 8.95. The molecule has 1 amide bonds. The summed E-state index contributed by atoms with van der Waals surface area (Å²) in [5, 5.41) is 4.12. The van der Waals surface area contributed by atoms with Gasteiger partial charge in [0, 0.05) is 55.9 Å². The fourth-order valence-corrected chi connectivity index (χ4v) is 6.38. The van der Waals surface area contributed by atoms with Crippen LogP contribution in [0.4, 0.5) is 37.1 Å². The van der Waals surface area contributed by atoms with Crippen molar-refractivity contribution >= 4 is 18.0 Å². The molecule has 0 bridgehead atoms. The highest BCUT2D eigenvalue weighted by molar-refractivity contribution is 5.72. The summed E-state index contributed by atoms with van der Waals surface area (Å²) >= 11 is 0. The van der Waals surface area contributed by atoms with Gasteiger partial charge < -0.3 is 19.3 Å². The van der Waals surface area contributed by atoms with Gasteiger partial charge in [0.05, 0.1) is 36.4 Å². The quantitative estimate of drug-likeness (QED) is 0.193. The number of carbonyl (C=O) groups is 2. The van der Waals surface area contributed by atoms with Crippen molar-refractivity contribution in [1.82, 2.24) is 24.6 Å². The van der Waals surface area contributed by atoms with E-state index in [0.29, 0.717) is 61.8 Å². The van der Waals surface area contributed by atoms with Crippen LogP contribution >= 0.6 is 0 Å². The van der Waals surface area contributed by atoms with Gasteiger partial charge in [-0.25, -0.2) is 14.8 Å². The van der Waals surface area contributed by atoms with Crippen LogP contribution in [0.1, 0.15) is 62.1 Å². The zero-order valence-electron chi connectivity index (χ0n) is 26.6. The maximum atomic E-state index is 13.7. The Morgan fingerprint density at radius 1 is 0.938 bits per heavy atom. The number of hydrogen-bond acceptors (Lipinski definition) is 8. The van der Waals surface area contributed by atoms with E-state index >= 15 is 0 Å². The molecule has 3 heterocycles. The van der Waals surface area contributed by atoms with Crippen molar-refractivity contribution in [2.45, 2.75) is 82.5 Å². The number of halogens is 6. The molecule has 3 aromatic rings. The monoisotopic (exact) mass is 682 g/mol. The van der Waals surface area contributed by atoms with Crippen molar-refractivity contribution in [2.75, 3.05) is 18.6 Å². The molecule has 2 atom stereocenters. The molecule has 0 spiro atoms. The Hall–Kier alpha value is -4.37. The number of anilines is 1. The van der Waals surface area contributed by atoms with E-state index in [9.17, 15) is 35.9 Å². The van der Waals surface area contributed by atoms with Crippen LogP contribution in [0.3, 0.4) is 0 Å². The molecule has 1 aliphatic carbocycles. The van der Waals surface area contributed by atoms with Gasteiger partial charge in [-0.05, 0) is 62.3 Å². The van der Waals surface area contributed by atoms with Crippen molar-refractivity contribution < 1.29 is 45.4 Å². The first kappa shape index (κ1) is 35.0. The van der Waals surface area contributed by atoms with E-state index in [1.54, 1.807) is 33.9 Å². The van der Waals surface area contributed by atoms with Crippen LogP contribution in [0.2, 0.25) is 0 Å². The van der Waals surface area contributed by atoms with Crippen LogP contribution in [-0.4, -0.2) is 68.6 Å². The Bertz CT molecular complexity index is 1550. The maximum absolute atomic E-state index is 13.7. The summed E-state index contributed by atoms with van der Waals surface area (Å²) < 4.78 is 94.5. The predicted octanol–water partition coefficient (Wildman–Crippen LogP) is 6.64. The lowest BCUT2D eigenvalue weighted by molar-refractivity contribution is -0.147. The second-order valence-corrected chi connectivity index (χ2v) is 12.2. The second-order valence-electron chi connectivity index (χ2n) is 12.2. The number of nitrogens with zero attached hydrogens (tertiary/aromatic N) is 6. The molecular weight excluding hydrogens is 646 g/mol. The number of carbonyl (C=O) groups excluding carboxylic acids is 2. The molecule has 0 radical (unpaired) electrons. The van der Waals surface area contributed by atoms with E-state index in [1.807, 2.05) is 6.92 Å². The first-order chi connectivity index (χ1) is 22.7. The van der Waals surface area contributed by atoms with Gasteiger partial charge in [0.15, 0.2) is 0 Å². The average Bonchev–Trinajstić information content (AvgIpc) is 3.69. The summed E-state index contributed by atoms with van der Waals surface area (Å²) in [7, 11) is 3.06. The molecule has 1 saturated carbocycles. The third kappa shape index (κ3) is 8.01. The highest BCUT2D eigenvalue weighted by Gasteiger charge is 2.41.